The van der Waals surface area contributed by atoms with Gasteiger partial charge in [0.25, 0.3) is 5.92 Å². The van der Waals surface area contributed by atoms with Crippen LogP contribution in [0.1, 0.15) is 104 Å². The Kier molecular flexibility index (Phi) is 19.0. The third-order valence-electron chi connectivity index (χ3n) is 15.0. The highest BCUT2D eigenvalue weighted by Crippen LogP contribution is 2.68. The first-order valence-corrected chi connectivity index (χ1v) is 32.7. The number of fused-ring (bicyclic) bond motifs is 4. The van der Waals surface area contributed by atoms with E-state index >= 15 is 35.5 Å². The summed E-state index contributed by atoms with van der Waals surface area (Å²) in [6.07, 6.45) is -13.8. The molecular weight excluding hydrogens is 1350 g/mol. The molecule has 6 N–H and O–H groups in total. The van der Waals surface area contributed by atoms with E-state index < -0.39 is 233 Å². The number of benzene rings is 3. The molecule has 1 fully saturated rings. The number of aromatic nitrogens is 5. The highest BCUT2D eigenvalue weighted by atomic mass is 35.5. The SMILES string of the molecule is CC(C)(CC(=O)N(c1nn(CC(F)(F)F)c2c(-c3ccc(C#CC(C)(C)S(C)(=O)=O)nc3[C@H](Cc3cc(F)cc(F)c3)NC(=O)Cn3nc(C(F)(F)F)c4c3C(F)(F)C3C[C@H]43)ccc(Cl)c12)S(C)(=O)=O)c1c(CC(=O)N[C@@H](CC(=O)O)C(=O)O)cccc1OP(=O)(O)O. The van der Waals surface area contributed by atoms with Crippen molar-refractivity contribution < 1.29 is 114 Å². The number of hydrogen-bond donors (Lipinski definition) is 6. The van der Waals surface area contributed by atoms with Crippen LogP contribution in [0.3, 0.4) is 0 Å². The lowest BCUT2D eigenvalue weighted by molar-refractivity contribution is -0.147. The second-order valence-electron chi connectivity index (χ2n) is 23.1. The summed E-state index contributed by atoms with van der Waals surface area (Å²) in [6, 6.07) is 5.23. The zero-order chi connectivity index (χ0) is 69.4. The summed E-state index contributed by atoms with van der Waals surface area (Å²) in [5.41, 5.74) is -9.61. The second-order valence-corrected chi connectivity index (χ2v) is 29.1. The Morgan fingerprint density at radius 2 is 1.52 bits per heavy atom. The number of phosphoric acid groups is 1. The van der Waals surface area contributed by atoms with Crippen molar-refractivity contribution >= 4 is 85.7 Å². The summed E-state index contributed by atoms with van der Waals surface area (Å²) in [7, 11) is -14.8. The van der Waals surface area contributed by atoms with Gasteiger partial charge in [0.2, 0.25) is 27.7 Å². The largest absolute Gasteiger partial charge is 0.524 e. The second kappa shape index (κ2) is 25.0. The van der Waals surface area contributed by atoms with E-state index in [4.69, 9.17) is 16.1 Å². The smallest absolute Gasteiger partial charge is 0.481 e. The molecule has 3 aromatic carbocycles. The number of sulfone groups is 1. The van der Waals surface area contributed by atoms with Crippen LogP contribution in [0.2, 0.25) is 5.02 Å². The first-order valence-electron chi connectivity index (χ1n) is 27.0. The zero-order valence-electron chi connectivity index (χ0n) is 48.9. The normalized spacial score (nSPS) is 16.3. The van der Waals surface area contributed by atoms with Crippen molar-refractivity contribution in [1.29, 1.82) is 0 Å². The molecule has 0 saturated heterocycles. The molecule has 500 valence electrons. The molecule has 4 atom stereocenters. The number of amides is 3. The first-order chi connectivity index (χ1) is 42.6. The molecule has 8 rings (SSSR count). The Morgan fingerprint density at radius 3 is 2.09 bits per heavy atom. The van der Waals surface area contributed by atoms with Crippen LogP contribution in [0.5, 0.6) is 5.75 Å². The van der Waals surface area contributed by atoms with Crippen LogP contribution in [0.4, 0.5) is 49.7 Å². The molecule has 2 aliphatic carbocycles. The van der Waals surface area contributed by atoms with Gasteiger partial charge in [-0.1, -0.05) is 49.6 Å². The number of halogens is 11. The number of nitrogens with zero attached hydrogens (tertiary/aromatic N) is 6. The van der Waals surface area contributed by atoms with Crippen LogP contribution in [0.25, 0.3) is 22.0 Å². The van der Waals surface area contributed by atoms with E-state index in [9.17, 15) is 73.7 Å². The highest BCUT2D eigenvalue weighted by Gasteiger charge is 2.68. The number of carboxylic acid groups (broad SMARTS) is 2. The zero-order valence-corrected chi connectivity index (χ0v) is 52.2. The van der Waals surface area contributed by atoms with E-state index in [-0.39, 0.29) is 31.2 Å². The van der Waals surface area contributed by atoms with E-state index in [1.54, 1.807) is 0 Å². The summed E-state index contributed by atoms with van der Waals surface area (Å²) in [6.45, 7) is 1.13. The van der Waals surface area contributed by atoms with Crippen molar-refractivity contribution in [3.63, 3.8) is 0 Å². The van der Waals surface area contributed by atoms with Crippen molar-refractivity contribution in [3.05, 3.63) is 122 Å². The number of carbonyl (C=O) groups excluding carboxylic acids is 3. The van der Waals surface area contributed by atoms with Gasteiger partial charge in [-0.15, -0.1) is 0 Å². The van der Waals surface area contributed by atoms with Crippen molar-refractivity contribution in [2.45, 2.75) is 119 Å². The Balaban J connectivity index is 1.33. The summed E-state index contributed by atoms with van der Waals surface area (Å²) in [4.78, 5) is 90.4. The fourth-order valence-corrected chi connectivity index (χ4v) is 12.6. The highest BCUT2D eigenvalue weighted by molar-refractivity contribution is 7.93. The summed E-state index contributed by atoms with van der Waals surface area (Å²) in [5.74, 6) is -13.7. The fourth-order valence-electron chi connectivity index (χ4n) is 10.9. The van der Waals surface area contributed by atoms with Gasteiger partial charge in [0.05, 0.1) is 46.8 Å². The molecular formula is C56H52ClF10N8O15PS2. The van der Waals surface area contributed by atoms with Crippen LogP contribution in [-0.4, -0.2) is 121 Å². The topological polar surface area (TPSA) is 337 Å². The van der Waals surface area contributed by atoms with Gasteiger partial charge < -0.3 is 25.4 Å². The average Bonchev–Trinajstić information content (AvgIpc) is 1.52. The van der Waals surface area contributed by atoms with Gasteiger partial charge in [-0.2, -0.15) is 49.6 Å². The minimum Gasteiger partial charge on any atom is -0.481 e. The van der Waals surface area contributed by atoms with Gasteiger partial charge in [-0.25, -0.2) is 40.0 Å². The van der Waals surface area contributed by atoms with E-state index in [2.05, 4.69) is 32.3 Å². The van der Waals surface area contributed by atoms with Gasteiger partial charge in [-0.05, 0) is 86.1 Å². The molecule has 1 unspecified atom stereocenters. The number of aliphatic carboxylic acids is 2. The van der Waals surface area contributed by atoms with Crippen molar-refractivity contribution in [3.8, 4) is 28.7 Å². The van der Waals surface area contributed by atoms with Crippen LogP contribution >= 0.6 is 19.4 Å². The lowest BCUT2D eigenvalue weighted by Gasteiger charge is -2.31. The Bertz CT molecular complexity index is 4430. The standard InChI is InChI=1S/C56H52ClF10N8O15PS2/c1-52(2,45-27(8-7-9-38(45)90-91(83,84)85)19-39(76)70-37(51(81)82)22-42(79)80)23-41(78)75(93(6,88)89)50-44-35(57)13-12-32(47(44)74(72-50)25-54(60,61)62)31-11-10-30(14-15-53(3,4)92(5,86)87)68-46(31)36(18-26-16-28(58)20-29(59)17-26)69-40(77)24-73-49-43(48(71-73)56(65,66)67)33-21-34(33)55(49,63)64/h7-13,16-17,20,33-34,36-37H,18-19,21-25H2,1-6H3,(H,69,77)(H,70,76)(H,79,80)(H,81,82)(H2,83,84,85)/t33-,34?,36-,37-/m0/s1. The predicted molar refractivity (Wildman–Crippen MR) is 307 cm³/mol. The van der Waals surface area contributed by atoms with Gasteiger partial charge in [0.15, 0.2) is 21.3 Å². The van der Waals surface area contributed by atoms with Gasteiger partial charge in [0, 0.05) is 52.3 Å². The molecule has 93 heavy (non-hydrogen) atoms. The Labute approximate surface area is 525 Å². The molecule has 6 aromatic rings. The molecule has 37 heteroatoms. The van der Waals surface area contributed by atoms with Crippen molar-refractivity contribution in [1.82, 2.24) is 35.2 Å². The van der Waals surface area contributed by atoms with Gasteiger partial charge in [0.1, 0.15) is 52.7 Å². The number of carbonyl (C=O) groups is 5. The van der Waals surface area contributed by atoms with Gasteiger partial charge >= 0.3 is 32.1 Å². The number of sulfonamides is 1. The number of anilines is 1. The molecule has 0 radical (unpaired) electrons. The quantitative estimate of drug-likeness (QED) is 0.0213. The third-order valence-corrected chi connectivity index (χ3v) is 18.8. The minimum atomic E-state index is -5.58. The van der Waals surface area contributed by atoms with Gasteiger partial charge in [-0.3, -0.25) is 38.3 Å². The lowest BCUT2D eigenvalue weighted by atomic mass is 9.77. The average molecular weight is 1400 g/mol. The molecule has 1 saturated carbocycles. The maximum absolute atomic E-state index is 15.8. The van der Waals surface area contributed by atoms with E-state index in [1.807, 2.05) is 5.32 Å². The molecule has 3 amide bonds. The molecule has 0 spiro atoms. The van der Waals surface area contributed by atoms with E-state index in [1.165, 1.54) is 13.8 Å². The molecule has 2 aliphatic rings. The maximum atomic E-state index is 15.8. The number of alkyl halides is 8. The van der Waals surface area contributed by atoms with Crippen LogP contribution < -0.4 is 19.5 Å². The number of carboxylic acids is 2. The van der Waals surface area contributed by atoms with E-state index in [0.717, 1.165) is 74.7 Å². The molecule has 3 aromatic heterocycles. The molecule has 3 heterocycles. The van der Waals surface area contributed by atoms with E-state index in [0.29, 0.717) is 12.3 Å². The number of nitrogens with one attached hydrogen (secondary N) is 2. The molecule has 0 bridgehead atoms. The number of rotatable bonds is 22. The van der Waals surface area contributed by atoms with Crippen LogP contribution in [-0.2, 0) is 91.8 Å². The fraction of sp³-hybridized carbons (Fsp3) is 0.393. The number of pyridine rings is 1. The predicted octanol–water partition coefficient (Wildman–Crippen LogP) is 8.01. The van der Waals surface area contributed by atoms with Crippen LogP contribution in [0.15, 0.2) is 60.7 Å². The van der Waals surface area contributed by atoms with Crippen molar-refractivity contribution in [2.75, 3.05) is 16.8 Å². The summed E-state index contributed by atoms with van der Waals surface area (Å²) in [5, 5.41) is 29.1. The number of phosphoric ester groups is 1. The van der Waals surface area contributed by atoms with Crippen molar-refractivity contribution in [2.24, 2.45) is 5.92 Å². The lowest BCUT2D eigenvalue weighted by Crippen LogP contribution is -2.43. The Hall–Kier alpha value is -8.16. The monoisotopic (exact) mass is 1400 g/mol. The summed E-state index contributed by atoms with van der Waals surface area (Å²) >= 11 is 6.79. The minimum absolute atomic E-state index is 0.0893. The third kappa shape index (κ3) is 15.6. The number of hydrogen-bond acceptors (Lipinski definition) is 14. The molecule has 23 nitrogen and oxygen atoms in total. The summed E-state index contributed by atoms with van der Waals surface area (Å²) < 4.78 is 219. The Morgan fingerprint density at radius 1 is 0.882 bits per heavy atom. The van der Waals surface area contributed by atoms with Crippen LogP contribution in [0, 0.1) is 29.4 Å². The maximum Gasteiger partial charge on any atom is 0.524 e. The molecule has 0 aliphatic heterocycles. The first kappa shape index (κ1) is 70.7.